The third-order valence-electron chi connectivity index (χ3n) is 1.61. The van der Waals surface area contributed by atoms with Crippen molar-refractivity contribution in [3.63, 3.8) is 0 Å². The first-order valence-corrected chi connectivity index (χ1v) is 3.10. The van der Waals surface area contributed by atoms with Gasteiger partial charge in [0.2, 0.25) is 0 Å². The highest BCUT2D eigenvalue weighted by atomic mass is 16.4. The number of carboxylic acids is 1. The molecule has 0 radical (unpaired) electrons. The molecule has 2 atom stereocenters. The van der Waals surface area contributed by atoms with E-state index in [-0.39, 0.29) is 5.92 Å². The number of nitrogens with one attached hydrogen (secondary N) is 1. The molecule has 0 bridgehead atoms. The van der Waals surface area contributed by atoms with Crippen LogP contribution in [0.3, 0.4) is 0 Å². The number of aliphatic carboxylic acids is 1. The maximum atomic E-state index is 10.3. The number of nitrogens with zero attached hydrogens (tertiary/aromatic N) is 1. The molecule has 1 rings (SSSR count). The molecule has 0 aromatic heterocycles. The van der Waals surface area contributed by atoms with Gasteiger partial charge in [-0.3, -0.25) is 4.79 Å². The summed E-state index contributed by atoms with van der Waals surface area (Å²) in [7, 11) is 0. The van der Waals surface area contributed by atoms with Crippen LogP contribution >= 0.6 is 0 Å². The van der Waals surface area contributed by atoms with Crippen LogP contribution in [0.15, 0.2) is 0 Å². The predicted octanol–water partition coefficient (Wildman–Crippen LogP) is -0.427. The first-order chi connectivity index (χ1) is 4.74. The molecular weight excluding hydrogens is 132 g/mol. The summed E-state index contributed by atoms with van der Waals surface area (Å²) in [6.07, 6.45) is 0.436. The molecular formula is C6H8N2O2. The van der Waals surface area contributed by atoms with Gasteiger partial charge in [-0.05, 0) is 6.42 Å². The monoisotopic (exact) mass is 140 g/mol. The van der Waals surface area contributed by atoms with Crippen molar-refractivity contribution in [1.29, 1.82) is 5.26 Å². The van der Waals surface area contributed by atoms with Crippen LogP contribution < -0.4 is 5.32 Å². The molecule has 1 heterocycles. The van der Waals surface area contributed by atoms with Gasteiger partial charge in [-0.1, -0.05) is 0 Å². The van der Waals surface area contributed by atoms with Gasteiger partial charge >= 0.3 is 5.97 Å². The van der Waals surface area contributed by atoms with Gasteiger partial charge in [0.05, 0.1) is 12.0 Å². The number of rotatable bonds is 1. The zero-order valence-corrected chi connectivity index (χ0v) is 5.37. The number of carboxylic acid groups (broad SMARTS) is 1. The fourth-order valence-corrected chi connectivity index (χ4v) is 1.02. The van der Waals surface area contributed by atoms with Crippen LogP contribution in [0.5, 0.6) is 0 Å². The normalized spacial score (nSPS) is 31.5. The lowest BCUT2D eigenvalue weighted by molar-refractivity contribution is -0.139. The molecule has 0 spiro atoms. The molecule has 1 aliphatic heterocycles. The lowest BCUT2D eigenvalue weighted by Gasteiger charge is -1.99. The first kappa shape index (κ1) is 7.03. The summed E-state index contributed by atoms with van der Waals surface area (Å²) in [5.74, 6) is -0.987. The highest BCUT2D eigenvalue weighted by Crippen LogP contribution is 2.12. The Morgan fingerprint density at radius 3 is 2.80 bits per heavy atom. The lowest BCUT2D eigenvalue weighted by atomic mass is 10.1. The summed E-state index contributed by atoms with van der Waals surface area (Å²) in [5.41, 5.74) is 0. The molecule has 0 aromatic carbocycles. The average molecular weight is 140 g/mol. The Kier molecular flexibility index (Phi) is 1.88. The molecule has 10 heavy (non-hydrogen) atoms. The largest absolute Gasteiger partial charge is 0.480 e. The molecule has 1 saturated heterocycles. The number of carbonyl (C=O) groups is 1. The van der Waals surface area contributed by atoms with Crippen LogP contribution in [-0.2, 0) is 4.79 Å². The van der Waals surface area contributed by atoms with Crippen molar-refractivity contribution in [2.24, 2.45) is 5.92 Å². The number of hydrogen-bond donors (Lipinski definition) is 2. The Labute approximate surface area is 58.5 Å². The van der Waals surface area contributed by atoms with E-state index in [1.165, 1.54) is 0 Å². The molecule has 4 nitrogen and oxygen atoms in total. The second kappa shape index (κ2) is 2.67. The van der Waals surface area contributed by atoms with Crippen LogP contribution in [0.25, 0.3) is 0 Å². The van der Waals surface area contributed by atoms with E-state index in [4.69, 9.17) is 10.4 Å². The maximum absolute atomic E-state index is 10.3. The molecule has 1 aliphatic rings. The first-order valence-electron chi connectivity index (χ1n) is 3.10. The molecule has 0 saturated carbocycles. The van der Waals surface area contributed by atoms with Crippen molar-refractivity contribution >= 4 is 5.97 Å². The Morgan fingerprint density at radius 1 is 1.80 bits per heavy atom. The zero-order valence-electron chi connectivity index (χ0n) is 5.37. The van der Waals surface area contributed by atoms with Crippen LogP contribution in [-0.4, -0.2) is 23.7 Å². The van der Waals surface area contributed by atoms with Crippen molar-refractivity contribution in [1.82, 2.24) is 5.32 Å². The minimum absolute atomic E-state index is 0.124. The van der Waals surface area contributed by atoms with Crippen molar-refractivity contribution in [2.75, 3.05) is 6.54 Å². The van der Waals surface area contributed by atoms with Gasteiger partial charge in [-0.15, -0.1) is 0 Å². The van der Waals surface area contributed by atoms with E-state index in [2.05, 4.69) is 5.32 Å². The standard InChI is InChI=1S/C6H8N2O2/c7-2-4-1-5(6(9)10)8-3-4/h4-5,8H,1,3H2,(H,9,10)/t4-,5-/m0/s1. The molecule has 1 fully saturated rings. The summed E-state index contributed by atoms with van der Waals surface area (Å²) >= 11 is 0. The molecule has 0 unspecified atom stereocenters. The van der Waals surface area contributed by atoms with Crippen LogP contribution in [0, 0.1) is 17.2 Å². The van der Waals surface area contributed by atoms with Crippen molar-refractivity contribution in [3.05, 3.63) is 0 Å². The third kappa shape index (κ3) is 1.25. The summed E-state index contributed by atoms with van der Waals surface area (Å²) in [4.78, 5) is 10.3. The van der Waals surface area contributed by atoms with E-state index in [0.29, 0.717) is 13.0 Å². The van der Waals surface area contributed by atoms with E-state index in [0.717, 1.165) is 0 Å². The molecule has 0 aliphatic carbocycles. The average Bonchev–Trinajstić information content (AvgIpc) is 2.34. The van der Waals surface area contributed by atoms with Crippen molar-refractivity contribution in [3.8, 4) is 6.07 Å². The summed E-state index contributed by atoms with van der Waals surface area (Å²) in [6, 6.07) is 1.51. The van der Waals surface area contributed by atoms with Gasteiger partial charge in [0.1, 0.15) is 6.04 Å². The fourth-order valence-electron chi connectivity index (χ4n) is 1.02. The molecule has 0 aromatic rings. The fraction of sp³-hybridized carbons (Fsp3) is 0.667. The summed E-state index contributed by atoms with van der Waals surface area (Å²) < 4.78 is 0. The van der Waals surface area contributed by atoms with E-state index in [9.17, 15) is 4.79 Å². The van der Waals surface area contributed by atoms with Crippen molar-refractivity contribution < 1.29 is 9.90 Å². The molecule has 0 amide bonds. The minimum Gasteiger partial charge on any atom is -0.480 e. The Hall–Kier alpha value is -1.08. The Balaban J connectivity index is 2.45. The Morgan fingerprint density at radius 2 is 2.50 bits per heavy atom. The zero-order chi connectivity index (χ0) is 7.56. The summed E-state index contributed by atoms with van der Waals surface area (Å²) in [5, 5.41) is 19.6. The van der Waals surface area contributed by atoms with Crippen LogP contribution in [0.1, 0.15) is 6.42 Å². The maximum Gasteiger partial charge on any atom is 0.320 e. The SMILES string of the molecule is N#C[C@H]1CN[C@H](C(=O)O)C1. The highest BCUT2D eigenvalue weighted by Gasteiger charge is 2.28. The van der Waals surface area contributed by atoms with E-state index < -0.39 is 12.0 Å². The van der Waals surface area contributed by atoms with E-state index in [1.54, 1.807) is 0 Å². The van der Waals surface area contributed by atoms with Gasteiger partial charge in [0, 0.05) is 6.54 Å². The van der Waals surface area contributed by atoms with Crippen LogP contribution in [0.2, 0.25) is 0 Å². The van der Waals surface area contributed by atoms with Crippen molar-refractivity contribution in [2.45, 2.75) is 12.5 Å². The quantitative estimate of drug-likeness (QED) is 0.518. The van der Waals surface area contributed by atoms with E-state index in [1.807, 2.05) is 6.07 Å². The van der Waals surface area contributed by atoms with Crippen LogP contribution in [0.4, 0.5) is 0 Å². The summed E-state index contributed by atoms with van der Waals surface area (Å²) in [6.45, 7) is 0.507. The topological polar surface area (TPSA) is 73.1 Å². The van der Waals surface area contributed by atoms with Gasteiger partial charge in [0.15, 0.2) is 0 Å². The van der Waals surface area contributed by atoms with Gasteiger partial charge < -0.3 is 10.4 Å². The molecule has 4 heteroatoms. The molecule has 54 valence electrons. The van der Waals surface area contributed by atoms with Gasteiger partial charge in [-0.2, -0.15) is 5.26 Å². The van der Waals surface area contributed by atoms with Gasteiger partial charge in [0.25, 0.3) is 0 Å². The highest BCUT2D eigenvalue weighted by molar-refractivity contribution is 5.73. The number of nitriles is 1. The van der Waals surface area contributed by atoms with Gasteiger partial charge in [-0.25, -0.2) is 0 Å². The minimum atomic E-state index is -0.863. The second-order valence-electron chi connectivity index (χ2n) is 2.36. The predicted molar refractivity (Wildman–Crippen MR) is 33.1 cm³/mol. The van der Waals surface area contributed by atoms with E-state index >= 15 is 0 Å². The second-order valence-corrected chi connectivity index (χ2v) is 2.36. The lowest BCUT2D eigenvalue weighted by Crippen LogP contribution is -2.29. The third-order valence-corrected chi connectivity index (χ3v) is 1.61. The number of hydrogen-bond acceptors (Lipinski definition) is 3. The Bertz CT molecular complexity index is 185. The smallest absolute Gasteiger partial charge is 0.320 e. The molecule has 2 N–H and O–H groups in total.